The van der Waals surface area contributed by atoms with Crippen molar-refractivity contribution in [1.29, 1.82) is 0 Å². The molecule has 0 saturated carbocycles. The molecular weight excluding hydrogens is 477 g/mol. The van der Waals surface area contributed by atoms with Crippen molar-refractivity contribution in [2.75, 3.05) is 26.2 Å². The van der Waals surface area contributed by atoms with Gasteiger partial charge in [0.15, 0.2) is 11.6 Å². The van der Waals surface area contributed by atoms with Crippen LogP contribution in [-0.2, 0) is 6.42 Å². The molecule has 7 nitrogen and oxygen atoms in total. The standard InChI is InChI=1S/C21H37N7.HI/c1-6-22-21(24-14-10-16-27(17(2)3)18(4)5)23-13-9-12-20-26-25-19-11-7-8-15-28(19)20;/h7-8,11,15,17-18H,6,9-10,12-14,16H2,1-5H3,(H2,22,23,24);1H. The Bertz CT molecular complexity index is 719. The molecule has 0 aromatic carbocycles. The number of aryl methyl sites for hydroxylation is 1. The van der Waals surface area contributed by atoms with Crippen LogP contribution in [0.1, 0.15) is 53.3 Å². The number of hydrogen-bond donors (Lipinski definition) is 2. The van der Waals surface area contributed by atoms with Gasteiger partial charge in [0, 0.05) is 50.9 Å². The molecule has 0 saturated heterocycles. The van der Waals surface area contributed by atoms with E-state index in [-0.39, 0.29) is 24.0 Å². The summed E-state index contributed by atoms with van der Waals surface area (Å²) in [7, 11) is 0. The molecule has 0 fully saturated rings. The first-order valence-electron chi connectivity index (χ1n) is 10.6. The van der Waals surface area contributed by atoms with Gasteiger partial charge in [-0.25, -0.2) is 0 Å². The van der Waals surface area contributed by atoms with E-state index >= 15 is 0 Å². The van der Waals surface area contributed by atoms with Crippen LogP contribution >= 0.6 is 24.0 Å². The highest BCUT2D eigenvalue weighted by molar-refractivity contribution is 14.0. The first kappa shape index (κ1) is 25.6. The molecular formula is C21H38IN7. The topological polar surface area (TPSA) is 69.8 Å². The molecule has 0 amide bonds. The molecule has 0 aliphatic heterocycles. The lowest BCUT2D eigenvalue weighted by atomic mass is 10.2. The van der Waals surface area contributed by atoms with E-state index in [0.29, 0.717) is 12.1 Å². The molecule has 0 bridgehead atoms. The van der Waals surface area contributed by atoms with Crippen molar-refractivity contribution in [1.82, 2.24) is 30.1 Å². The lowest BCUT2D eigenvalue weighted by Crippen LogP contribution is -2.41. The van der Waals surface area contributed by atoms with Gasteiger partial charge in [-0.1, -0.05) is 6.07 Å². The SMILES string of the molecule is CCNC(=NCCCc1nnc2ccccn12)NCCCN(C(C)C)C(C)C.I. The van der Waals surface area contributed by atoms with E-state index in [0.717, 1.165) is 62.9 Å². The van der Waals surface area contributed by atoms with E-state index in [2.05, 4.69) is 60.3 Å². The van der Waals surface area contributed by atoms with Crippen molar-refractivity contribution < 1.29 is 0 Å². The maximum Gasteiger partial charge on any atom is 0.191 e. The fourth-order valence-corrected chi connectivity index (χ4v) is 3.41. The predicted molar refractivity (Wildman–Crippen MR) is 132 cm³/mol. The summed E-state index contributed by atoms with van der Waals surface area (Å²) in [5, 5.41) is 15.3. The number of hydrogen-bond acceptors (Lipinski definition) is 4. The van der Waals surface area contributed by atoms with Gasteiger partial charge in [-0.2, -0.15) is 0 Å². The number of halogens is 1. The Balaban J connectivity index is 0.00000420. The van der Waals surface area contributed by atoms with Crippen molar-refractivity contribution in [3.63, 3.8) is 0 Å². The zero-order valence-electron chi connectivity index (χ0n) is 18.6. The lowest BCUT2D eigenvalue weighted by Gasteiger charge is -2.30. The molecule has 2 aromatic heterocycles. The van der Waals surface area contributed by atoms with Crippen molar-refractivity contribution in [2.24, 2.45) is 4.99 Å². The monoisotopic (exact) mass is 515 g/mol. The Kier molecular flexibility index (Phi) is 12.1. The third-order valence-corrected chi connectivity index (χ3v) is 4.77. The minimum absolute atomic E-state index is 0. The fourth-order valence-electron chi connectivity index (χ4n) is 3.41. The van der Waals surface area contributed by atoms with Crippen LogP contribution in [0.15, 0.2) is 29.4 Å². The summed E-state index contributed by atoms with van der Waals surface area (Å²) in [6.45, 7) is 14.8. The number of aromatic nitrogens is 3. The highest BCUT2D eigenvalue weighted by Gasteiger charge is 2.12. The average molecular weight is 515 g/mol. The number of aliphatic imine (C=N–C) groups is 1. The number of guanidine groups is 1. The second-order valence-electron chi connectivity index (χ2n) is 7.61. The Morgan fingerprint density at radius 1 is 1.10 bits per heavy atom. The van der Waals surface area contributed by atoms with E-state index < -0.39 is 0 Å². The van der Waals surface area contributed by atoms with E-state index in [4.69, 9.17) is 4.99 Å². The van der Waals surface area contributed by atoms with Crippen LogP contribution < -0.4 is 10.6 Å². The highest BCUT2D eigenvalue weighted by Crippen LogP contribution is 2.06. The summed E-state index contributed by atoms with van der Waals surface area (Å²) in [5.74, 6) is 1.89. The third-order valence-electron chi connectivity index (χ3n) is 4.77. The minimum Gasteiger partial charge on any atom is -0.357 e. The quantitative estimate of drug-likeness (QED) is 0.208. The number of nitrogens with zero attached hydrogens (tertiary/aromatic N) is 5. The van der Waals surface area contributed by atoms with Crippen molar-refractivity contribution in [3.8, 4) is 0 Å². The Morgan fingerprint density at radius 2 is 1.86 bits per heavy atom. The number of fused-ring (bicyclic) bond motifs is 1. The average Bonchev–Trinajstić information content (AvgIpc) is 3.07. The fraction of sp³-hybridized carbons (Fsp3) is 0.667. The van der Waals surface area contributed by atoms with Crippen LogP contribution in [0.5, 0.6) is 0 Å². The summed E-state index contributed by atoms with van der Waals surface area (Å²) in [6.07, 6.45) is 4.93. The van der Waals surface area contributed by atoms with Crippen molar-refractivity contribution in [2.45, 2.75) is 66.0 Å². The van der Waals surface area contributed by atoms with Crippen molar-refractivity contribution >= 4 is 35.6 Å². The Morgan fingerprint density at radius 3 is 2.55 bits per heavy atom. The largest absolute Gasteiger partial charge is 0.357 e. The number of pyridine rings is 1. The Labute approximate surface area is 192 Å². The second kappa shape index (κ2) is 13.7. The molecule has 0 aliphatic carbocycles. The van der Waals surface area contributed by atoms with Gasteiger partial charge in [0.25, 0.3) is 0 Å². The minimum atomic E-state index is 0. The maximum atomic E-state index is 4.70. The van der Waals surface area contributed by atoms with Gasteiger partial charge in [0.05, 0.1) is 0 Å². The van der Waals surface area contributed by atoms with E-state index in [1.54, 1.807) is 0 Å². The molecule has 164 valence electrons. The first-order chi connectivity index (χ1) is 13.5. The predicted octanol–water partition coefficient (Wildman–Crippen LogP) is 3.34. The van der Waals surface area contributed by atoms with Gasteiger partial charge in [-0.05, 0) is 59.6 Å². The van der Waals surface area contributed by atoms with E-state index in [9.17, 15) is 0 Å². The van der Waals surface area contributed by atoms with E-state index in [1.807, 2.05) is 28.8 Å². The van der Waals surface area contributed by atoms with Crippen molar-refractivity contribution in [3.05, 3.63) is 30.2 Å². The first-order valence-corrected chi connectivity index (χ1v) is 10.6. The van der Waals surface area contributed by atoms with Gasteiger partial charge in [-0.15, -0.1) is 34.2 Å². The van der Waals surface area contributed by atoms with Crippen LogP contribution in [0.4, 0.5) is 0 Å². The van der Waals surface area contributed by atoms with E-state index in [1.165, 1.54) is 0 Å². The summed E-state index contributed by atoms with van der Waals surface area (Å²) >= 11 is 0. The van der Waals surface area contributed by atoms with Crippen LogP contribution in [0.2, 0.25) is 0 Å². The summed E-state index contributed by atoms with van der Waals surface area (Å²) in [4.78, 5) is 7.23. The number of rotatable bonds is 11. The smallest absolute Gasteiger partial charge is 0.191 e. The van der Waals surface area contributed by atoms with Gasteiger partial charge >= 0.3 is 0 Å². The summed E-state index contributed by atoms with van der Waals surface area (Å²) < 4.78 is 2.04. The lowest BCUT2D eigenvalue weighted by molar-refractivity contribution is 0.173. The molecule has 2 heterocycles. The molecule has 0 atom stereocenters. The third kappa shape index (κ3) is 8.46. The molecule has 0 spiro atoms. The highest BCUT2D eigenvalue weighted by atomic mass is 127. The summed E-state index contributed by atoms with van der Waals surface area (Å²) in [5.41, 5.74) is 0.896. The summed E-state index contributed by atoms with van der Waals surface area (Å²) in [6, 6.07) is 7.12. The number of nitrogens with one attached hydrogen (secondary N) is 2. The Hall–Kier alpha value is -1.42. The zero-order valence-corrected chi connectivity index (χ0v) is 20.9. The molecule has 0 aliphatic rings. The van der Waals surface area contributed by atoms with Gasteiger partial charge in [0.2, 0.25) is 0 Å². The van der Waals surface area contributed by atoms with Gasteiger partial charge in [-0.3, -0.25) is 14.3 Å². The van der Waals surface area contributed by atoms with Crippen LogP contribution in [0, 0.1) is 0 Å². The molecule has 29 heavy (non-hydrogen) atoms. The molecule has 0 unspecified atom stereocenters. The second-order valence-corrected chi connectivity index (χ2v) is 7.61. The van der Waals surface area contributed by atoms with Crippen LogP contribution in [-0.4, -0.2) is 63.7 Å². The van der Waals surface area contributed by atoms with Gasteiger partial charge in [0.1, 0.15) is 5.82 Å². The van der Waals surface area contributed by atoms with Crippen LogP contribution in [0.25, 0.3) is 5.65 Å². The molecule has 8 heteroatoms. The van der Waals surface area contributed by atoms with Crippen LogP contribution in [0.3, 0.4) is 0 Å². The normalized spacial score (nSPS) is 12.1. The van der Waals surface area contributed by atoms with Gasteiger partial charge < -0.3 is 10.6 Å². The zero-order chi connectivity index (χ0) is 20.4. The molecule has 2 N–H and O–H groups in total. The molecule has 0 radical (unpaired) electrons. The molecule has 2 aromatic rings. The maximum absolute atomic E-state index is 4.70. The molecule has 2 rings (SSSR count).